The minimum Gasteiger partial charge on any atom is -0.469 e. The summed E-state index contributed by atoms with van der Waals surface area (Å²) < 4.78 is 29.5. The zero-order chi connectivity index (χ0) is 15.5. The van der Waals surface area contributed by atoms with Gasteiger partial charge in [0.25, 0.3) is 0 Å². The Morgan fingerprint density at radius 2 is 1.95 bits per heavy atom. The van der Waals surface area contributed by atoms with Gasteiger partial charge in [0.05, 0.1) is 24.0 Å². The lowest BCUT2D eigenvalue weighted by atomic mass is 10.0. The molecule has 1 fully saturated rings. The van der Waals surface area contributed by atoms with Gasteiger partial charge < -0.3 is 9.64 Å². The number of hydrogen-bond acceptors (Lipinski definition) is 5. The molecule has 1 heterocycles. The maximum absolute atomic E-state index is 12.3. The first-order chi connectivity index (χ1) is 9.92. The summed E-state index contributed by atoms with van der Waals surface area (Å²) in [6, 6.07) is 9.41. The van der Waals surface area contributed by atoms with Crippen molar-refractivity contribution in [3.63, 3.8) is 0 Å². The quantitative estimate of drug-likeness (QED) is 0.725. The Hall–Kier alpha value is -1.40. The summed E-state index contributed by atoms with van der Waals surface area (Å²) >= 11 is 0. The number of carbonyl (C=O) groups is 1. The molecule has 0 aromatic heterocycles. The third-order valence-corrected chi connectivity index (χ3v) is 6.01. The van der Waals surface area contributed by atoms with Crippen LogP contribution in [-0.2, 0) is 25.8 Å². The Balaban J connectivity index is 2.08. The summed E-state index contributed by atoms with van der Waals surface area (Å²) in [5.74, 6) is -1.25. The number of sulfone groups is 1. The maximum atomic E-state index is 12.3. The first kappa shape index (κ1) is 16.0. The van der Waals surface area contributed by atoms with E-state index in [0.717, 1.165) is 5.56 Å². The van der Waals surface area contributed by atoms with Gasteiger partial charge in [-0.25, -0.2) is 8.42 Å². The van der Waals surface area contributed by atoms with E-state index in [0.29, 0.717) is 19.5 Å². The fourth-order valence-electron chi connectivity index (χ4n) is 2.56. The summed E-state index contributed by atoms with van der Waals surface area (Å²) in [6.45, 7) is 1.09. The van der Waals surface area contributed by atoms with Gasteiger partial charge in [-0.2, -0.15) is 0 Å². The number of benzene rings is 1. The van der Waals surface area contributed by atoms with Crippen molar-refractivity contribution < 1.29 is 17.9 Å². The molecule has 21 heavy (non-hydrogen) atoms. The van der Waals surface area contributed by atoms with Crippen LogP contribution in [-0.4, -0.2) is 57.5 Å². The van der Waals surface area contributed by atoms with Crippen LogP contribution in [0, 0.1) is 5.92 Å². The molecule has 0 bridgehead atoms. The van der Waals surface area contributed by atoms with E-state index in [1.54, 1.807) is 0 Å². The third-order valence-electron chi connectivity index (χ3n) is 3.83. The van der Waals surface area contributed by atoms with Crippen LogP contribution in [0.3, 0.4) is 0 Å². The molecule has 1 saturated heterocycles. The minimum absolute atomic E-state index is 0.146. The average molecular weight is 311 g/mol. The molecule has 0 saturated carbocycles. The Bertz CT molecular complexity index is 579. The van der Waals surface area contributed by atoms with Gasteiger partial charge in [-0.1, -0.05) is 30.3 Å². The molecular formula is C15H21NO4S. The van der Waals surface area contributed by atoms with Gasteiger partial charge in [0.15, 0.2) is 9.84 Å². The molecule has 2 rings (SSSR count). The highest BCUT2D eigenvalue weighted by molar-refractivity contribution is 7.92. The summed E-state index contributed by atoms with van der Waals surface area (Å²) in [5, 5.41) is -0.356. The number of esters is 1. The number of hydrogen-bond donors (Lipinski definition) is 0. The van der Waals surface area contributed by atoms with Crippen LogP contribution < -0.4 is 0 Å². The van der Waals surface area contributed by atoms with Crippen LogP contribution in [0.1, 0.15) is 5.56 Å². The molecule has 0 aliphatic carbocycles. The van der Waals surface area contributed by atoms with E-state index in [-0.39, 0.29) is 11.0 Å². The topological polar surface area (TPSA) is 63.7 Å². The van der Waals surface area contributed by atoms with Gasteiger partial charge in [0, 0.05) is 13.1 Å². The highest BCUT2D eigenvalue weighted by atomic mass is 32.2. The molecule has 1 aliphatic rings. The Kier molecular flexibility index (Phi) is 5.00. The van der Waals surface area contributed by atoms with Crippen LogP contribution in [0.15, 0.2) is 30.3 Å². The Morgan fingerprint density at radius 1 is 1.33 bits per heavy atom. The molecular weight excluding hydrogens is 290 g/mol. The number of ether oxygens (including phenoxy) is 1. The predicted molar refractivity (Wildman–Crippen MR) is 80.7 cm³/mol. The summed E-state index contributed by atoms with van der Waals surface area (Å²) in [7, 11) is -0.0950. The molecule has 1 atom stereocenters. The van der Waals surface area contributed by atoms with Gasteiger partial charge in [-0.05, 0) is 19.0 Å². The zero-order valence-corrected chi connectivity index (χ0v) is 13.2. The van der Waals surface area contributed by atoms with E-state index in [2.05, 4.69) is 0 Å². The molecule has 1 unspecified atom stereocenters. The monoisotopic (exact) mass is 311 g/mol. The SMILES string of the molecule is COC(=O)C(Cc1ccccc1)CS(=O)(=O)C1CN(C)C1. The van der Waals surface area contributed by atoms with Gasteiger partial charge in [0.1, 0.15) is 0 Å². The zero-order valence-electron chi connectivity index (χ0n) is 12.4. The molecule has 0 radical (unpaired) electrons. The van der Waals surface area contributed by atoms with Gasteiger partial charge in [-0.3, -0.25) is 4.79 Å². The van der Waals surface area contributed by atoms with E-state index < -0.39 is 21.7 Å². The molecule has 1 aromatic carbocycles. The molecule has 6 heteroatoms. The van der Waals surface area contributed by atoms with Crippen molar-refractivity contribution >= 4 is 15.8 Å². The standard InChI is InChI=1S/C15H21NO4S/c1-16-9-14(10-16)21(18,19)11-13(15(17)20-2)8-12-6-4-3-5-7-12/h3-7,13-14H,8-11H2,1-2H3. The second kappa shape index (κ2) is 6.58. The lowest BCUT2D eigenvalue weighted by Crippen LogP contribution is -2.53. The fraction of sp³-hybridized carbons (Fsp3) is 0.533. The van der Waals surface area contributed by atoms with E-state index in [4.69, 9.17) is 4.74 Å². The molecule has 0 amide bonds. The molecule has 1 aliphatic heterocycles. The second-order valence-electron chi connectivity index (χ2n) is 5.58. The molecule has 1 aromatic rings. The Labute approximate surface area is 125 Å². The largest absolute Gasteiger partial charge is 0.469 e. The van der Waals surface area contributed by atoms with Gasteiger partial charge in [-0.15, -0.1) is 0 Å². The van der Waals surface area contributed by atoms with Crippen molar-refractivity contribution in [1.82, 2.24) is 4.90 Å². The number of methoxy groups -OCH3 is 1. The highest BCUT2D eigenvalue weighted by Crippen LogP contribution is 2.20. The van der Waals surface area contributed by atoms with Crippen molar-refractivity contribution in [2.75, 3.05) is 33.0 Å². The molecule has 0 spiro atoms. The number of carbonyl (C=O) groups excluding carboxylic acids is 1. The lowest BCUT2D eigenvalue weighted by Gasteiger charge is -2.36. The van der Waals surface area contributed by atoms with Gasteiger partial charge in [0.2, 0.25) is 0 Å². The fourth-order valence-corrected chi connectivity index (χ4v) is 4.61. The average Bonchev–Trinajstić information content (AvgIpc) is 2.43. The van der Waals surface area contributed by atoms with E-state index in [1.165, 1.54) is 7.11 Å². The maximum Gasteiger partial charge on any atom is 0.310 e. The van der Waals surface area contributed by atoms with Crippen molar-refractivity contribution in [3.05, 3.63) is 35.9 Å². The first-order valence-corrected chi connectivity index (χ1v) is 8.66. The number of likely N-dealkylation sites (tertiary alicyclic amines) is 1. The van der Waals surface area contributed by atoms with Crippen molar-refractivity contribution in [2.45, 2.75) is 11.7 Å². The van der Waals surface area contributed by atoms with Gasteiger partial charge >= 0.3 is 5.97 Å². The number of nitrogens with zero attached hydrogens (tertiary/aromatic N) is 1. The lowest BCUT2D eigenvalue weighted by molar-refractivity contribution is -0.144. The minimum atomic E-state index is -3.27. The van der Waals surface area contributed by atoms with E-state index in [1.807, 2.05) is 42.3 Å². The smallest absolute Gasteiger partial charge is 0.310 e. The summed E-state index contributed by atoms with van der Waals surface area (Å²) in [5.41, 5.74) is 0.939. The summed E-state index contributed by atoms with van der Waals surface area (Å²) in [4.78, 5) is 13.8. The molecule has 116 valence electrons. The predicted octanol–water partition coefficient (Wildman–Crippen LogP) is 0.747. The highest BCUT2D eigenvalue weighted by Gasteiger charge is 2.38. The van der Waals surface area contributed by atoms with Crippen molar-refractivity contribution in [2.24, 2.45) is 5.92 Å². The Morgan fingerprint density at radius 3 is 2.48 bits per heavy atom. The molecule has 5 nitrogen and oxygen atoms in total. The van der Waals surface area contributed by atoms with Crippen LogP contribution >= 0.6 is 0 Å². The van der Waals surface area contributed by atoms with Crippen molar-refractivity contribution in [1.29, 1.82) is 0 Å². The van der Waals surface area contributed by atoms with E-state index >= 15 is 0 Å². The number of rotatable bonds is 6. The van der Waals surface area contributed by atoms with Crippen molar-refractivity contribution in [3.8, 4) is 0 Å². The van der Waals surface area contributed by atoms with Crippen LogP contribution in [0.2, 0.25) is 0 Å². The van der Waals surface area contributed by atoms with Crippen LogP contribution in [0.25, 0.3) is 0 Å². The first-order valence-electron chi connectivity index (χ1n) is 6.94. The van der Waals surface area contributed by atoms with Crippen LogP contribution in [0.4, 0.5) is 0 Å². The second-order valence-corrected chi connectivity index (χ2v) is 7.91. The van der Waals surface area contributed by atoms with E-state index in [9.17, 15) is 13.2 Å². The third kappa shape index (κ3) is 4.04. The normalized spacial score (nSPS) is 18.0. The molecule has 0 N–H and O–H groups in total. The van der Waals surface area contributed by atoms with Crippen LogP contribution in [0.5, 0.6) is 0 Å². The summed E-state index contributed by atoms with van der Waals surface area (Å²) in [6.07, 6.45) is 0.384.